The Morgan fingerprint density at radius 2 is 0.750 bits per heavy atom. The van der Waals surface area contributed by atoms with Gasteiger partial charge in [-0.3, -0.25) is 6.42 Å². The Morgan fingerprint density at radius 1 is 0.571 bits per heavy atom. The Kier molecular flexibility index (Phi) is 75.7. The van der Waals surface area contributed by atoms with Gasteiger partial charge in [0.15, 0.2) is 0 Å². The van der Waals surface area contributed by atoms with Gasteiger partial charge in [-0.1, -0.05) is 53.4 Å². The van der Waals surface area contributed by atoms with Gasteiger partial charge >= 0.3 is 0 Å². The van der Waals surface area contributed by atoms with Crippen LogP contribution >= 0.6 is 0 Å². The van der Waals surface area contributed by atoms with Crippen LogP contribution in [0.3, 0.4) is 0 Å². The number of rotatable bonds is 10. The van der Waals surface area contributed by atoms with E-state index in [4.69, 9.17) is 20.4 Å². The van der Waals surface area contributed by atoms with E-state index in [2.05, 4.69) is 27.7 Å². The summed E-state index contributed by atoms with van der Waals surface area (Å²) in [6.45, 7) is 12.3. The molecule has 0 aliphatic rings. The average Bonchev–Trinajstić information content (AvgIpc) is 2.59. The molecule has 0 aromatic carbocycles. The number of carbonyl (C=O) groups is 2. The van der Waals surface area contributed by atoms with Crippen LogP contribution in [0.25, 0.3) is 0 Å². The molecular weight excluding hydrogens is 441 g/mol. The summed E-state index contributed by atoms with van der Waals surface area (Å²) < 4.78 is 0. The number of carbonyl (C=O) groups excluding carboxylic acids is 2. The normalized spacial score (nSPS) is 7.93. The van der Waals surface area contributed by atoms with Crippen LogP contribution in [0.15, 0.2) is 0 Å². The van der Waals surface area contributed by atoms with Gasteiger partial charge in [-0.25, -0.2) is 0 Å². The average molecular weight is 489 g/mol. The van der Waals surface area contributed by atoms with E-state index >= 15 is 0 Å². The van der Waals surface area contributed by atoms with Crippen molar-refractivity contribution in [3.8, 4) is 0 Å². The molecule has 0 saturated carbocycles. The van der Waals surface area contributed by atoms with Crippen molar-refractivity contribution in [2.75, 3.05) is 26.4 Å². The first-order chi connectivity index (χ1) is 12.8. The third kappa shape index (κ3) is 114. The smallest absolute Gasteiger partial charge is 0.0430 e. The number of hydrogen-bond acceptors (Lipinski definition) is 6. The van der Waals surface area contributed by atoms with Gasteiger partial charge in [0.25, 0.3) is 0 Å². The summed E-state index contributed by atoms with van der Waals surface area (Å²) in [6.07, 6.45) is 9.21. The summed E-state index contributed by atoms with van der Waals surface area (Å²) in [5.74, 6) is -0.375. The van der Waals surface area contributed by atoms with Crippen molar-refractivity contribution in [2.45, 2.75) is 92.9 Å². The molecule has 173 valence electrons. The number of hydrogen-bond donors (Lipinski definition) is 4. The quantitative estimate of drug-likeness (QED) is 0.213. The summed E-state index contributed by atoms with van der Waals surface area (Å²) in [5.41, 5.74) is 0. The minimum absolute atomic E-state index is 0. The van der Waals surface area contributed by atoms with Crippen LogP contribution in [0.2, 0.25) is 0 Å². The fourth-order valence-corrected chi connectivity index (χ4v) is 0.919. The maximum Gasteiger partial charge on any atom is 0.0430 e. The third-order valence-electron chi connectivity index (χ3n) is 2.45. The molecule has 0 aliphatic heterocycles. The van der Waals surface area contributed by atoms with Crippen LogP contribution in [0.1, 0.15) is 92.9 Å². The molecule has 0 heterocycles. The Balaban J connectivity index is -0.0000000540. The maximum atomic E-state index is 9.98. The summed E-state index contributed by atoms with van der Waals surface area (Å²) in [5, 5.41) is 32.3. The van der Waals surface area contributed by atoms with Crippen molar-refractivity contribution in [3.63, 3.8) is 0 Å². The van der Waals surface area contributed by atoms with Gasteiger partial charge in [-0.05, 0) is 39.5 Å². The van der Waals surface area contributed by atoms with Gasteiger partial charge in [0.2, 0.25) is 0 Å². The van der Waals surface area contributed by atoms with Crippen LogP contribution in [0.5, 0.6) is 0 Å². The van der Waals surface area contributed by atoms with Crippen LogP contribution < -0.4 is 0 Å². The van der Waals surface area contributed by atoms with Crippen LogP contribution in [0.4, 0.5) is 0 Å². The Bertz CT molecular complexity index is 207. The molecular formula is C21H47NbO6-. The largest absolute Gasteiger partial charge is 0.396 e. The second-order valence-corrected chi connectivity index (χ2v) is 5.67. The van der Waals surface area contributed by atoms with Gasteiger partial charge in [0.1, 0.15) is 0 Å². The van der Waals surface area contributed by atoms with Crippen LogP contribution in [-0.4, -0.2) is 58.4 Å². The zero-order valence-corrected chi connectivity index (χ0v) is 21.3. The SMILES string of the molecule is CC(=O)[CH-]C(C)=O.CCCCO.CCCCO.CCCCO.CCCCO.[Nb]. The Labute approximate surface area is 189 Å². The molecule has 0 unspecified atom stereocenters. The third-order valence-corrected chi connectivity index (χ3v) is 2.45. The van der Waals surface area contributed by atoms with E-state index < -0.39 is 0 Å². The summed E-state index contributed by atoms with van der Waals surface area (Å²) in [6, 6.07) is 0. The number of unbranched alkanes of at least 4 members (excludes halogenated alkanes) is 4. The van der Waals surface area contributed by atoms with E-state index in [-0.39, 0.29) is 33.9 Å². The van der Waals surface area contributed by atoms with Crippen molar-refractivity contribution in [1.29, 1.82) is 0 Å². The topological polar surface area (TPSA) is 115 Å². The molecule has 0 aliphatic carbocycles. The van der Waals surface area contributed by atoms with Gasteiger partial charge in [-0.2, -0.15) is 0 Å². The minimum atomic E-state index is -0.187. The van der Waals surface area contributed by atoms with E-state index in [0.717, 1.165) is 57.8 Å². The van der Waals surface area contributed by atoms with E-state index in [9.17, 15) is 9.59 Å². The van der Waals surface area contributed by atoms with Gasteiger partial charge in [-0.15, -0.1) is 0 Å². The molecule has 0 saturated heterocycles. The van der Waals surface area contributed by atoms with Crippen molar-refractivity contribution in [3.05, 3.63) is 6.42 Å². The molecule has 0 bridgehead atoms. The number of Topliss-reactive ketones (excluding diaryl/α,β-unsaturated/α-hetero) is 2. The molecule has 0 rings (SSSR count). The molecule has 0 spiro atoms. The van der Waals surface area contributed by atoms with Crippen molar-refractivity contribution in [2.24, 2.45) is 0 Å². The number of ketones is 2. The molecule has 0 fully saturated rings. The zero-order valence-electron chi connectivity index (χ0n) is 19.1. The van der Waals surface area contributed by atoms with Crippen molar-refractivity contribution >= 4 is 11.6 Å². The molecule has 0 aromatic rings. The number of aliphatic hydroxyl groups is 4. The van der Waals surface area contributed by atoms with Gasteiger partial charge in [0.05, 0.1) is 0 Å². The van der Waals surface area contributed by atoms with E-state index in [1.807, 2.05) is 0 Å². The van der Waals surface area contributed by atoms with E-state index in [0.29, 0.717) is 26.4 Å². The number of aliphatic hydroxyl groups excluding tert-OH is 4. The second-order valence-electron chi connectivity index (χ2n) is 5.67. The van der Waals surface area contributed by atoms with Crippen molar-refractivity contribution < 1.29 is 52.4 Å². The summed E-state index contributed by atoms with van der Waals surface area (Å²) >= 11 is 0. The fraction of sp³-hybridized carbons (Fsp3) is 0.857. The molecule has 0 aromatic heterocycles. The Morgan fingerprint density at radius 3 is 0.750 bits per heavy atom. The fourth-order valence-electron chi connectivity index (χ4n) is 0.919. The summed E-state index contributed by atoms with van der Waals surface area (Å²) in [7, 11) is 0. The zero-order chi connectivity index (χ0) is 22.3. The molecule has 1 radical (unpaired) electrons. The minimum Gasteiger partial charge on any atom is -0.396 e. The van der Waals surface area contributed by atoms with Gasteiger partial charge in [0, 0.05) is 60.4 Å². The molecule has 6 nitrogen and oxygen atoms in total. The monoisotopic (exact) mass is 488 g/mol. The molecule has 0 atom stereocenters. The first kappa shape index (κ1) is 42.0. The maximum absolute atomic E-state index is 9.98. The molecule has 7 heteroatoms. The van der Waals surface area contributed by atoms with E-state index in [1.54, 1.807) is 0 Å². The van der Waals surface area contributed by atoms with Gasteiger partial charge < -0.3 is 30.0 Å². The second kappa shape index (κ2) is 50.5. The molecule has 0 amide bonds. The van der Waals surface area contributed by atoms with E-state index in [1.165, 1.54) is 13.8 Å². The van der Waals surface area contributed by atoms with Crippen molar-refractivity contribution in [1.82, 2.24) is 0 Å². The Hall–Kier alpha value is -0.210. The molecule has 28 heavy (non-hydrogen) atoms. The van der Waals surface area contributed by atoms with Crippen LogP contribution in [-0.2, 0) is 32.0 Å². The predicted octanol–water partition coefficient (Wildman–Crippen LogP) is 3.48. The molecule has 4 N–H and O–H groups in total. The first-order valence-corrected chi connectivity index (χ1v) is 10.1. The summed E-state index contributed by atoms with van der Waals surface area (Å²) in [4.78, 5) is 20.0. The predicted molar refractivity (Wildman–Crippen MR) is 114 cm³/mol. The standard InChI is InChI=1S/C5H7O2.4C4H10O.Nb/c1-4(6)3-5(2)7;4*1-2-3-4-5;/h3H,1-2H3;4*5H,2-4H2,1H3;/q-1;;;;;. The first-order valence-electron chi connectivity index (χ1n) is 10.1. The van der Waals surface area contributed by atoms with Crippen LogP contribution in [0, 0.1) is 6.42 Å².